The third-order valence-corrected chi connectivity index (χ3v) is 2.44. The maximum Gasteiger partial charge on any atom is 0.319 e. The van der Waals surface area contributed by atoms with Crippen LogP contribution in [0.25, 0.3) is 0 Å². The Morgan fingerprint density at radius 1 is 1.67 bits per heavy atom. The second-order valence-electron chi connectivity index (χ2n) is 3.22. The Kier molecular flexibility index (Phi) is 2.36. The topological polar surface area (TPSA) is 26.3 Å². The average molecular weight is 166 g/mol. The van der Waals surface area contributed by atoms with Gasteiger partial charge in [-0.3, -0.25) is 4.79 Å². The first-order chi connectivity index (χ1) is 5.61. The standard InChI is InChI=1S/C10H14O2/c1-8-6-4-5-7-10(8,2)9(11)12-3/h5-7H,4H2,1-3H3/t10-/m0/s1. The summed E-state index contributed by atoms with van der Waals surface area (Å²) in [7, 11) is 1.42. The van der Waals surface area contributed by atoms with Gasteiger partial charge in [0, 0.05) is 0 Å². The van der Waals surface area contributed by atoms with Crippen molar-refractivity contribution in [3.05, 3.63) is 23.8 Å². The van der Waals surface area contributed by atoms with Gasteiger partial charge in [0.15, 0.2) is 0 Å². The van der Waals surface area contributed by atoms with Crippen molar-refractivity contribution in [1.82, 2.24) is 0 Å². The lowest BCUT2D eigenvalue weighted by atomic mass is 9.79. The minimum atomic E-state index is -0.535. The summed E-state index contributed by atoms with van der Waals surface area (Å²) < 4.78 is 4.73. The molecule has 0 spiro atoms. The molecule has 2 heteroatoms. The van der Waals surface area contributed by atoms with Crippen molar-refractivity contribution in [3.8, 4) is 0 Å². The summed E-state index contributed by atoms with van der Waals surface area (Å²) in [4.78, 5) is 11.4. The van der Waals surface area contributed by atoms with E-state index in [9.17, 15) is 4.79 Å². The van der Waals surface area contributed by atoms with E-state index in [2.05, 4.69) is 6.08 Å². The van der Waals surface area contributed by atoms with Gasteiger partial charge in [0.25, 0.3) is 0 Å². The smallest absolute Gasteiger partial charge is 0.319 e. The first kappa shape index (κ1) is 9.04. The quantitative estimate of drug-likeness (QED) is 0.440. The van der Waals surface area contributed by atoms with Crippen molar-refractivity contribution in [2.24, 2.45) is 5.41 Å². The van der Waals surface area contributed by atoms with Crippen molar-refractivity contribution in [2.45, 2.75) is 20.3 Å². The van der Waals surface area contributed by atoms with Gasteiger partial charge in [0.2, 0.25) is 0 Å². The van der Waals surface area contributed by atoms with Gasteiger partial charge in [-0.15, -0.1) is 0 Å². The van der Waals surface area contributed by atoms with Gasteiger partial charge >= 0.3 is 5.97 Å². The van der Waals surface area contributed by atoms with E-state index in [1.165, 1.54) is 7.11 Å². The lowest BCUT2D eigenvalue weighted by Gasteiger charge is -2.26. The number of methoxy groups -OCH3 is 1. The highest BCUT2D eigenvalue weighted by Gasteiger charge is 2.34. The first-order valence-corrected chi connectivity index (χ1v) is 4.04. The Hall–Kier alpha value is -1.05. The highest BCUT2D eigenvalue weighted by Crippen LogP contribution is 2.33. The molecule has 0 aliphatic heterocycles. The number of rotatable bonds is 1. The van der Waals surface area contributed by atoms with Gasteiger partial charge in [0.05, 0.1) is 7.11 Å². The van der Waals surface area contributed by atoms with E-state index in [1.54, 1.807) is 0 Å². The summed E-state index contributed by atoms with van der Waals surface area (Å²) in [5, 5.41) is 0. The molecule has 0 unspecified atom stereocenters. The van der Waals surface area contributed by atoms with Crippen LogP contribution in [0.1, 0.15) is 20.3 Å². The maximum atomic E-state index is 11.4. The van der Waals surface area contributed by atoms with Crippen LogP contribution in [0.5, 0.6) is 0 Å². The third-order valence-electron chi connectivity index (χ3n) is 2.44. The molecule has 0 aromatic rings. The molecule has 2 nitrogen and oxygen atoms in total. The minimum absolute atomic E-state index is 0.188. The Morgan fingerprint density at radius 2 is 2.33 bits per heavy atom. The van der Waals surface area contributed by atoms with E-state index >= 15 is 0 Å². The molecule has 0 heterocycles. The third kappa shape index (κ3) is 1.29. The van der Waals surface area contributed by atoms with Crippen LogP contribution in [-0.2, 0) is 9.53 Å². The Bertz CT molecular complexity index is 251. The number of hydrogen-bond acceptors (Lipinski definition) is 2. The summed E-state index contributed by atoms with van der Waals surface area (Å²) in [5.41, 5.74) is 0.532. The predicted molar refractivity (Wildman–Crippen MR) is 47.6 cm³/mol. The molecule has 0 aromatic carbocycles. The predicted octanol–water partition coefficient (Wildman–Crippen LogP) is 2.07. The minimum Gasteiger partial charge on any atom is -0.468 e. The van der Waals surface area contributed by atoms with Gasteiger partial charge in [0.1, 0.15) is 5.41 Å². The van der Waals surface area contributed by atoms with Crippen molar-refractivity contribution in [1.29, 1.82) is 0 Å². The Labute approximate surface area is 72.9 Å². The lowest BCUT2D eigenvalue weighted by Crippen LogP contribution is -2.29. The van der Waals surface area contributed by atoms with Gasteiger partial charge in [-0.2, -0.15) is 0 Å². The molecule has 0 bridgehead atoms. The summed E-state index contributed by atoms with van der Waals surface area (Å²) in [6, 6.07) is 0. The van der Waals surface area contributed by atoms with E-state index in [0.29, 0.717) is 0 Å². The van der Waals surface area contributed by atoms with Gasteiger partial charge in [-0.05, 0) is 20.3 Å². The first-order valence-electron chi connectivity index (χ1n) is 4.04. The molecule has 1 atom stereocenters. The fourth-order valence-corrected chi connectivity index (χ4v) is 1.33. The zero-order chi connectivity index (χ0) is 9.19. The number of allylic oxidation sites excluding steroid dienone is 2. The average Bonchev–Trinajstić information content (AvgIpc) is 2.09. The van der Waals surface area contributed by atoms with Crippen LogP contribution in [0, 0.1) is 5.41 Å². The molecule has 0 saturated carbocycles. The zero-order valence-corrected chi connectivity index (χ0v) is 7.76. The molecule has 12 heavy (non-hydrogen) atoms. The summed E-state index contributed by atoms with van der Waals surface area (Å²) >= 11 is 0. The molecule has 66 valence electrons. The lowest BCUT2D eigenvalue weighted by molar-refractivity contribution is -0.147. The molecule has 0 aromatic heterocycles. The van der Waals surface area contributed by atoms with Gasteiger partial charge in [-0.25, -0.2) is 0 Å². The van der Waals surface area contributed by atoms with Crippen molar-refractivity contribution >= 4 is 5.97 Å². The van der Waals surface area contributed by atoms with Gasteiger partial charge < -0.3 is 4.74 Å². The molecule has 1 aliphatic carbocycles. The van der Waals surface area contributed by atoms with Crippen molar-refractivity contribution < 1.29 is 9.53 Å². The highest BCUT2D eigenvalue weighted by molar-refractivity contribution is 5.82. The van der Waals surface area contributed by atoms with Crippen molar-refractivity contribution in [2.75, 3.05) is 7.11 Å². The maximum absolute atomic E-state index is 11.4. The molecule has 0 fully saturated rings. The zero-order valence-electron chi connectivity index (χ0n) is 7.76. The Balaban J connectivity index is 2.95. The molecular formula is C10H14O2. The van der Waals surface area contributed by atoms with Crippen LogP contribution in [0.3, 0.4) is 0 Å². The molecule has 1 rings (SSSR count). The fourth-order valence-electron chi connectivity index (χ4n) is 1.33. The SMILES string of the molecule is COC(=O)[C@@]1(C)C=CCC=C1C. The number of ether oxygens (including phenoxy) is 1. The summed E-state index contributed by atoms with van der Waals surface area (Å²) in [6.07, 6.45) is 6.87. The number of carbonyl (C=O) groups excluding carboxylic acids is 1. The van der Waals surface area contributed by atoms with E-state index in [4.69, 9.17) is 4.74 Å². The fraction of sp³-hybridized carbons (Fsp3) is 0.500. The van der Waals surface area contributed by atoms with Crippen LogP contribution in [-0.4, -0.2) is 13.1 Å². The molecule has 0 N–H and O–H groups in total. The Morgan fingerprint density at radius 3 is 2.83 bits per heavy atom. The normalized spacial score (nSPS) is 28.1. The van der Waals surface area contributed by atoms with Crippen molar-refractivity contribution in [3.63, 3.8) is 0 Å². The van der Waals surface area contributed by atoms with E-state index in [1.807, 2.05) is 26.0 Å². The molecular weight excluding hydrogens is 152 g/mol. The van der Waals surface area contributed by atoms with E-state index < -0.39 is 5.41 Å². The monoisotopic (exact) mass is 166 g/mol. The van der Waals surface area contributed by atoms with E-state index in [0.717, 1.165) is 12.0 Å². The second-order valence-corrected chi connectivity index (χ2v) is 3.22. The highest BCUT2D eigenvalue weighted by atomic mass is 16.5. The number of carbonyl (C=O) groups is 1. The van der Waals surface area contributed by atoms with Crippen LogP contribution in [0.4, 0.5) is 0 Å². The summed E-state index contributed by atoms with van der Waals surface area (Å²) in [5.74, 6) is -0.188. The summed E-state index contributed by atoms with van der Waals surface area (Å²) in [6.45, 7) is 3.83. The number of hydrogen-bond donors (Lipinski definition) is 0. The van der Waals surface area contributed by atoms with E-state index in [-0.39, 0.29) is 5.97 Å². The van der Waals surface area contributed by atoms with Crippen LogP contribution >= 0.6 is 0 Å². The van der Waals surface area contributed by atoms with Crippen LogP contribution < -0.4 is 0 Å². The second kappa shape index (κ2) is 3.13. The van der Waals surface area contributed by atoms with Crippen LogP contribution in [0.15, 0.2) is 23.8 Å². The molecule has 0 radical (unpaired) electrons. The molecule has 0 amide bonds. The molecule has 1 aliphatic rings. The van der Waals surface area contributed by atoms with Crippen LogP contribution in [0.2, 0.25) is 0 Å². The number of esters is 1. The largest absolute Gasteiger partial charge is 0.468 e. The molecule has 0 saturated heterocycles. The van der Waals surface area contributed by atoms with Gasteiger partial charge in [-0.1, -0.05) is 23.8 Å².